The molecule has 110 valence electrons. The van der Waals surface area contributed by atoms with Crippen LogP contribution in [0.5, 0.6) is 0 Å². The summed E-state index contributed by atoms with van der Waals surface area (Å²) in [5.74, 6) is 2.45. The SMILES string of the molecule is Cl[SiH](Cl)C1(C2CCCCC2)NCCC2CCCCC21. The van der Waals surface area contributed by atoms with Crippen molar-refractivity contribution in [1.82, 2.24) is 5.32 Å². The average Bonchev–Trinajstić information content (AvgIpc) is 2.47. The first-order valence-corrected chi connectivity index (χ1v) is 12.3. The van der Waals surface area contributed by atoms with Gasteiger partial charge in [0.25, 0.3) is 7.42 Å². The summed E-state index contributed by atoms with van der Waals surface area (Å²) in [6, 6.07) is 0. The summed E-state index contributed by atoms with van der Waals surface area (Å²) in [4.78, 5) is 0. The normalized spacial score (nSPS) is 41.2. The second kappa shape index (κ2) is 6.25. The lowest BCUT2D eigenvalue weighted by Gasteiger charge is -2.56. The molecule has 3 unspecified atom stereocenters. The minimum atomic E-state index is -1.72. The molecule has 3 aliphatic rings. The van der Waals surface area contributed by atoms with Gasteiger partial charge in [0.1, 0.15) is 0 Å². The van der Waals surface area contributed by atoms with Crippen LogP contribution in [-0.4, -0.2) is 19.1 Å². The van der Waals surface area contributed by atoms with E-state index in [1.165, 1.54) is 64.2 Å². The standard InChI is InChI=1S/C15H27Cl2NSi/c16-19(17)15(13-7-2-1-3-8-13)14-9-5-4-6-12(14)10-11-18-15/h12-14,18-19H,1-11H2. The maximum Gasteiger partial charge on any atom is 0.256 e. The van der Waals surface area contributed by atoms with Crippen molar-refractivity contribution >= 4 is 29.6 Å². The van der Waals surface area contributed by atoms with Gasteiger partial charge in [0.05, 0.1) is 0 Å². The van der Waals surface area contributed by atoms with E-state index in [1.807, 2.05) is 0 Å². The zero-order valence-corrected chi connectivity index (χ0v) is 14.5. The molecule has 0 radical (unpaired) electrons. The molecule has 0 aromatic carbocycles. The highest BCUT2D eigenvalue weighted by Gasteiger charge is 2.54. The molecular weight excluding hydrogens is 293 g/mol. The van der Waals surface area contributed by atoms with Gasteiger partial charge in [-0.1, -0.05) is 38.5 Å². The molecule has 0 bridgehead atoms. The minimum Gasteiger partial charge on any atom is -0.311 e. The van der Waals surface area contributed by atoms with E-state index in [0.717, 1.165) is 24.3 Å². The fourth-order valence-corrected chi connectivity index (χ4v) is 9.49. The molecule has 3 rings (SSSR count). The van der Waals surface area contributed by atoms with Crippen molar-refractivity contribution in [1.29, 1.82) is 0 Å². The quantitative estimate of drug-likeness (QED) is 0.589. The summed E-state index contributed by atoms with van der Waals surface area (Å²) in [6.45, 7) is 1.15. The van der Waals surface area contributed by atoms with Crippen LogP contribution in [0.2, 0.25) is 0 Å². The molecule has 1 nitrogen and oxygen atoms in total. The Morgan fingerprint density at radius 1 is 0.842 bits per heavy atom. The molecule has 3 fully saturated rings. The molecule has 2 aliphatic carbocycles. The van der Waals surface area contributed by atoms with Crippen LogP contribution in [0.3, 0.4) is 0 Å². The van der Waals surface area contributed by atoms with Crippen LogP contribution in [0.15, 0.2) is 0 Å². The predicted molar refractivity (Wildman–Crippen MR) is 86.2 cm³/mol. The van der Waals surface area contributed by atoms with Crippen molar-refractivity contribution < 1.29 is 0 Å². The summed E-state index contributed by atoms with van der Waals surface area (Å²) >= 11 is 13.4. The molecule has 2 saturated carbocycles. The topological polar surface area (TPSA) is 12.0 Å². The maximum absolute atomic E-state index is 6.71. The summed E-state index contributed by atoms with van der Waals surface area (Å²) < 4.78 is 0. The van der Waals surface area contributed by atoms with E-state index >= 15 is 0 Å². The van der Waals surface area contributed by atoms with Gasteiger partial charge in [-0.05, 0) is 50.0 Å². The fourth-order valence-electron chi connectivity index (χ4n) is 5.23. The number of hydrogen-bond donors (Lipinski definition) is 1. The van der Waals surface area contributed by atoms with Gasteiger partial charge in [0.15, 0.2) is 0 Å². The Morgan fingerprint density at radius 2 is 1.53 bits per heavy atom. The van der Waals surface area contributed by atoms with E-state index in [4.69, 9.17) is 22.2 Å². The van der Waals surface area contributed by atoms with Crippen LogP contribution in [0.25, 0.3) is 0 Å². The van der Waals surface area contributed by atoms with Crippen LogP contribution in [0, 0.1) is 17.8 Å². The van der Waals surface area contributed by atoms with Crippen LogP contribution >= 0.6 is 22.2 Å². The van der Waals surface area contributed by atoms with Gasteiger partial charge >= 0.3 is 0 Å². The number of hydrogen-bond acceptors (Lipinski definition) is 1. The average molecular weight is 320 g/mol. The van der Waals surface area contributed by atoms with Gasteiger partial charge < -0.3 is 5.32 Å². The van der Waals surface area contributed by atoms with Crippen molar-refractivity contribution in [2.75, 3.05) is 6.54 Å². The lowest BCUT2D eigenvalue weighted by atomic mass is 9.65. The van der Waals surface area contributed by atoms with Crippen molar-refractivity contribution in [2.24, 2.45) is 17.8 Å². The number of nitrogens with one attached hydrogen (secondary N) is 1. The molecule has 0 spiro atoms. The number of rotatable bonds is 2. The van der Waals surface area contributed by atoms with E-state index in [2.05, 4.69) is 5.32 Å². The second-order valence-corrected chi connectivity index (χ2v) is 11.8. The third-order valence-electron chi connectivity index (χ3n) is 6.11. The van der Waals surface area contributed by atoms with E-state index in [9.17, 15) is 0 Å². The first kappa shape index (κ1) is 14.7. The highest BCUT2D eigenvalue weighted by Crippen LogP contribution is 2.50. The predicted octanol–water partition coefficient (Wildman–Crippen LogP) is 4.34. The zero-order valence-electron chi connectivity index (χ0n) is 11.8. The van der Waals surface area contributed by atoms with Crippen LogP contribution in [-0.2, 0) is 0 Å². The number of halogens is 2. The molecular formula is C15H27Cl2NSi. The third-order valence-corrected chi connectivity index (χ3v) is 10.1. The smallest absolute Gasteiger partial charge is 0.256 e. The summed E-state index contributed by atoms with van der Waals surface area (Å²) in [7, 11) is -1.72. The Balaban J connectivity index is 1.88. The Labute approximate surface area is 128 Å². The Hall–Kier alpha value is 0.757. The van der Waals surface area contributed by atoms with Gasteiger partial charge in [-0.3, -0.25) is 0 Å². The van der Waals surface area contributed by atoms with E-state index in [1.54, 1.807) is 0 Å². The molecule has 1 saturated heterocycles. The molecule has 0 aromatic rings. The van der Waals surface area contributed by atoms with Gasteiger partial charge in [-0.15, -0.1) is 22.2 Å². The van der Waals surface area contributed by atoms with Crippen LogP contribution < -0.4 is 5.32 Å². The monoisotopic (exact) mass is 319 g/mol. The van der Waals surface area contributed by atoms with E-state index in [-0.39, 0.29) is 5.16 Å². The molecule has 0 amide bonds. The summed E-state index contributed by atoms with van der Waals surface area (Å²) in [6.07, 6.45) is 13.9. The third kappa shape index (κ3) is 2.63. The van der Waals surface area contributed by atoms with E-state index < -0.39 is 7.42 Å². The van der Waals surface area contributed by atoms with Crippen molar-refractivity contribution in [2.45, 2.75) is 69.4 Å². The highest BCUT2D eigenvalue weighted by atomic mass is 35.7. The minimum absolute atomic E-state index is 0.160. The molecule has 1 N–H and O–H groups in total. The first-order valence-electron chi connectivity index (χ1n) is 8.28. The van der Waals surface area contributed by atoms with Gasteiger partial charge in [-0.25, -0.2) is 0 Å². The molecule has 1 heterocycles. The zero-order chi connectivity index (χ0) is 13.3. The summed E-state index contributed by atoms with van der Waals surface area (Å²) in [5.41, 5.74) is 0. The summed E-state index contributed by atoms with van der Waals surface area (Å²) in [5, 5.41) is 4.06. The van der Waals surface area contributed by atoms with Crippen LogP contribution in [0.1, 0.15) is 64.2 Å². The lowest BCUT2D eigenvalue weighted by molar-refractivity contribution is 0.0551. The van der Waals surface area contributed by atoms with Gasteiger partial charge in [0.2, 0.25) is 0 Å². The van der Waals surface area contributed by atoms with Crippen LogP contribution in [0.4, 0.5) is 0 Å². The number of fused-ring (bicyclic) bond motifs is 1. The van der Waals surface area contributed by atoms with Crippen molar-refractivity contribution in [3.8, 4) is 0 Å². The number of piperidine rings is 1. The first-order chi connectivity index (χ1) is 9.25. The molecule has 1 aliphatic heterocycles. The molecule has 3 atom stereocenters. The molecule has 19 heavy (non-hydrogen) atoms. The second-order valence-electron chi connectivity index (χ2n) is 6.94. The van der Waals surface area contributed by atoms with E-state index in [0.29, 0.717) is 0 Å². The van der Waals surface area contributed by atoms with Gasteiger partial charge in [0, 0.05) is 5.16 Å². The van der Waals surface area contributed by atoms with Crippen molar-refractivity contribution in [3.05, 3.63) is 0 Å². The van der Waals surface area contributed by atoms with Crippen molar-refractivity contribution in [3.63, 3.8) is 0 Å². The molecule has 0 aromatic heterocycles. The largest absolute Gasteiger partial charge is 0.311 e. The van der Waals surface area contributed by atoms with Gasteiger partial charge in [-0.2, -0.15) is 0 Å². The maximum atomic E-state index is 6.71. The highest BCUT2D eigenvalue weighted by molar-refractivity contribution is 7.35. The Kier molecular flexibility index (Phi) is 4.83. The molecule has 4 heteroatoms. The Morgan fingerprint density at radius 3 is 2.26 bits per heavy atom. The fraction of sp³-hybridized carbons (Fsp3) is 1.00. The Bertz CT molecular complexity index is 305. The lowest BCUT2D eigenvalue weighted by Crippen LogP contribution is -2.68.